The number of nitrogens with zero attached hydrogens (tertiary/aromatic N) is 4. The summed E-state index contributed by atoms with van der Waals surface area (Å²) in [6.45, 7) is 17.4. The normalized spacial score (nSPS) is 16.4. The largest absolute Gasteiger partial charge is 0.480 e. The average Bonchev–Trinajstić information content (AvgIpc) is 3.41. The molecule has 1 aliphatic rings. The third kappa shape index (κ3) is 9.58. The van der Waals surface area contributed by atoms with Crippen LogP contribution in [0.3, 0.4) is 0 Å². The summed E-state index contributed by atoms with van der Waals surface area (Å²) in [5, 5.41) is 15.1. The summed E-state index contributed by atoms with van der Waals surface area (Å²) >= 11 is 0. The molecule has 1 unspecified atom stereocenters. The van der Waals surface area contributed by atoms with Crippen LogP contribution in [0.1, 0.15) is 75.6 Å². The van der Waals surface area contributed by atoms with Gasteiger partial charge in [0.1, 0.15) is 17.4 Å². The highest BCUT2D eigenvalue weighted by atomic mass is 19.4. The second-order valence-corrected chi connectivity index (χ2v) is 13.2. The number of alkyl halides is 3. The van der Waals surface area contributed by atoms with Crippen LogP contribution in [0.2, 0.25) is 0 Å². The van der Waals surface area contributed by atoms with E-state index in [1.807, 2.05) is 6.92 Å². The van der Waals surface area contributed by atoms with E-state index in [4.69, 9.17) is 24.0 Å². The number of halogens is 4. The molecule has 3 heterocycles. The molecule has 0 bridgehead atoms. The van der Waals surface area contributed by atoms with Crippen molar-refractivity contribution in [2.45, 2.75) is 96.7 Å². The lowest BCUT2D eigenvalue weighted by atomic mass is 9.92. The van der Waals surface area contributed by atoms with Crippen molar-refractivity contribution in [1.82, 2.24) is 14.6 Å². The van der Waals surface area contributed by atoms with E-state index >= 15 is 0 Å². The number of carbonyl (C=O) groups is 1. The number of piperidine rings is 1. The minimum absolute atomic E-state index is 0.0856. The van der Waals surface area contributed by atoms with Gasteiger partial charge in [0.2, 0.25) is 0 Å². The summed E-state index contributed by atoms with van der Waals surface area (Å²) in [6, 6.07) is 4.98. The summed E-state index contributed by atoms with van der Waals surface area (Å²) in [6.07, 6.45) is -4.67. The van der Waals surface area contributed by atoms with Gasteiger partial charge >= 0.3 is 12.1 Å². The SMILES string of the molecule is C=CCOC1(C)CCN(c2c([C@H](OC(C)(C)C)C(=O)O)c(C)nc3cc(COCc4ccc(F)cc4OC(CC=C)C(F)(F)F)nn23)CC1. The Morgan fingerprint density at radius 3 is 2.41 bits per heavy atom. The van der Waals surface area contributed by atoms with Crippen molar-refractivity contribution in [3.63, 3.8) is 0 Å². The molecule has 0 radical (unpaired) electrons. The van der Waals surface area contributed by atoms with Crippen LogP contribution in [0.5, 0.6) is 5.75 Å². The summed E-state index contributed by atoms with van der Waals surface area (Å²) in [4.78, 5) is 19.4. The molecule has 0 spiro atoms. The monoisotopic (exact) mass is 692 g/mol. The van der Waals surface area contributed by atoms with Gasteiger partial charge in [-0.1, -0.05) is 18.2 Å². The number of hydrogen-bond acceptors (Lipinski definition) is 8. The molecule has 3 aromatic rings. The van der Waals surface area contributed by atoms with Gasteiger partial charge in [-0.2, -0.15) is 22.8 Å². The van der Waals surface area contributed by atoms with E-state index in [0.717, 1.165) is 18.2 Å². The second kappa shape index (κ2) is 15.3. The number of benzene rings is 1. The molecule has 1 N–H and O–H groups in total. The summed E-state index contributed by atoms with van der Waals surface area (Å²) in [7, 11) is 0. The molecule has 0 amide bonds. The Bertz CT molecular complexity index is 1640. The van der Waals surface area contributed by atoms with Gasteiger partial charge in [-0.05, 0) is 53.5 Å². The van der Waals surface area contributed by atoms with Crippen molar-refractivity contribution in [2.75, 3.05) is 24.6 Å². The molecule has 1 aliphatic heterocycles. The fourth-order valence-electron chi connectivity index (χ4n) is 5.60. The first-order chi connectivity index (χ1) is 22.9. The number of carboxylic acid groups (broad SMARTS) is 1. The average molecular weight is 693 g/mol. The third-order valence-electron chi connectivity index (χ3n) is 8.03. The number of hydrogen-bond donors (Lipinski definition) is 1. The zero-order chi connectivity index (χ0) is 36.1. The summed E-state index contributed by atoms with van der Waals surface area (Å²) < 4.78 is 79.3. The van der Waals surface area contributed by atoms with E-state index in [1.54, 1.807) is 44.4 Å². The maximum absolute atomic E-state index is 14.0. The zero-order valence-electron chi connectivity index (χ0n) is 28.5. The molecular weight excluding hydrogens is 648 g/mol. The lowest BCUT2D eigenvalue weighted by Gasteiger charge is -2.41. The van der Waals surface area contributed by atoms with Crippen LogP contribution in [0.25, 0.3) is 5.65 Å². The van der Waals surface area contributed by atoms with Gasteiger partial charge in [-0.15, -0.1) is 13.2 Å². The Labute approximate surface area is 283 Å². The van der Waals surface area contributed by atoms with Gasteiger partial charge in [-0.3, -0.25) is 0 Å². The highest BCUT2D eigenvalue weighted by Crippen LogP contribution is 2.38. The van der Waals surface area contributed by atoms with Crippen molar-refractivity contribution in [1.29, 1.82) is 0 Å². The zero-order valence-corrected chi connectivity index (χ0v) is 28.5. The van der Waals surface area contributed by atoms with E-state index in [-0.39, 0.29) is 24.5 Å². The Kier molecular flexibility index (Phi) is 11.8. The van der Waals surface area contributed by atoms with Crippen LogP contribution in [-0.4, -0.2) is 68.9 Å². The van der Waals surface area contributed by atoms with Crippen LogP contribution in [0, 0.1) is 12.7 Å². The van der Waals surface area contributed by atoms with E-state index in [9.17, 15) is 27.5 Å². The molecule has 0 aliphatic carbocycles. The summed E-state index contributed by atoms with van der Waals surface area (Å²) in [5.41, 5.74) is 0.710. The van der Waals surface area contributed by atoms with E-state index < -0.39 is 47.8 Å². The highest BCUT2D eigenvalue weighted by molar-refractivity contribution is 5.78. The predicted octanol–water partition coefficient (Wildman–Crippen LogP) is 7.28. The molecule has 4 rings (SSSR count). The smallest absolute Gasteiger partial charge is 0.425 e. The second-order valence-electron chi connectivity index (χ2n) is 13.2. The molecule has 268 valence electrons. The number of carboxylic acids is 1. The first-order valence-electron chi connectivity index (χ1n) is 15.9. The third-order valence-corrected chi connectivity index (χ3v) is 8.03. The number of rotatable bonds is 15. The number of fused-ring (bicyclic) bond motifs is 1. The van der Waals surface area contributed by atoms with Gasteiger partial charge in [0.25, 0.3) is 0 Å². The molecule has 14 heteroatoms. The van der Waals surface area contributed by atoms with Crippen molar-refractivity contribution in [2.24, 2.45) is 0 Å². The Morgan fingerprint density at radius 2 is 1.82 bits per heavy atom. The van der Waals surface area contributed by atoms with Crippen molar-refractivity contribution in [3.05, 3.63) is 77.9 Å². The molecule has 1 aromatic carbocycles. The molecule has 1 fully saturated rings. The van der Waals surface area contributed by atoms with Gasteiger partial charge < -0.3 is 29.0 Å². The lowest BCUT2D eigenvalue weighted by Crippen LogP contribution is -2.45. The van der Waals surface area contributed by atoms with Gasteiger partial charge in [0.15, 0.2) is 17.9 Å². The summed E-state index contributed by atoms with van der Waals surface area (Å²) in [5.74, 6) is -1.71. The topological polar surface area (TPSA) is 108 Å². The number of aryl methyl sites for hydroxylation is 1. The van der Waals surface area contributed by atoms with Crippen LogP contribution in [0.15, 0.2) is 49.6 Å². The fourth-order valence-corrected chi connectivity index (χ4v) is 5.60. The number of ether oxygens (including phenoxy) is 4. The van der Waals surface area contributed by atoms with Crippen molar-refractivity contribution in [3.8, 4) is 5.75 Å². The lowest BCUT2D eigenvalue weighted by molar-refractivity contribution is -0.194. The number of aliphatic carboxylic acids is 1. The first-order valence-corrected chi connectivity index (χ1v) is 15.9. The minimum Gasteiger partial charge on any atom is -0.480 e. The van der Waals surface area contributed by atoms with E-state index in [1.165, 1.54) is 6.07 Å². The fraction of sp³-hybridized carbons (Fsp3) is 0.514. The van der Waals surface area contributed by atoms with Gasteiger partial charge in [0.05, 0.1) is 42.3 Å². The Balaban J connectivity index is 1.66. The quantitative estimate of drug-likeness (QED) is 0.130. The molecule has 49 heavy (non-hydrogen) atoms. The van der Waals surface area contributed by atoms with Gasteiger partial charge in [0, 0.05) is 42.9 Å². The van der Waals surface area contributed by atoms with Crippen molar-refractivity contribution < 1.29 is 46.4 Å². The maximum atomic E-state index is 14.0. The number of anilines is 1. The molecular formula is C35H44F4N4O6. The minimum atomic E-state index is -4.69. The highest BCUT2D eigenvalue weighted by Gasteiger charge is 2.41. The van der Waals surface area contributed by atoms with Crippen molar-refractivity contribution >= 4 is 17.4 Å². The molecule has 10 nitrogen and oxygen atoms in total. The Hall–Kier alpha value is -4.01. The predicted molar refractivity (Wildman–Crippen MR) is 175 cm³/mol. The standard InChI is InChI=1S/C35H44F4N4O6/c1-8-10-27(35(37,38)39)48-26-18-24(36)12-11-23(26)20-46-21-25-19-28-40-22(3)29(30(32(44)45)49-33(4,5)6)31(43(28)41-25)42-15-13-34(7,14-16-42)47-17-9-2/h8-9,11-12,18-19,27,30H,1-2,10,13-17,20-21H2,3-7H3,(H,44,45)/t27?,30-/m0/s1. The Morgan fingerprint density at radius 1 is 1.12 bits per heavy atom. The maximum Gasteiger partial charge on any atom is 0.425 e. The van der Waals surface area contributed by atoms with E-state index in [2.05, 4.69) is 23.0 Å². The molecule has 2 aromatic heterocycles. The molecule has 0 saturated carbocycles. The number of aromatic nitrogens is 3. The van der Waals surface area contributed by atoms with Crippen LogP contribution < -0.4 is 9.64 Å². The van der Waals surface area contributed by atoms with Crippen LogP contribution in [-0.2, 0) is 32.2 Å². The molecule has 2 atom stereocenters. The first kappa shape index (κ1) is 37.8. The van der Waals surface area contributed by atoms with Crippen LogP contribution in [0.4, 0.5) is 23.4 Å². The van der Waals surface area contributed by atoms with Crippen LogP contribution >= 0.6 is 0 Å². The van der Waals surface area contributed by atoms with E-state index in [0.29, 0.717) is 61.0 Å². The molecule has 1 saturated heterocycles. The van der Waals surface area contributed by atoms with Gasteiger partial charge in [-0.25, -0.2) is 14.2 Å².